The maximum atomic E-state index is 11.9. The average molecular weight is 430 g/mol. The lowest BCUT2D eigenvalue weighted by atomic mass is 10.1. The van der Waals surface area contributed by atoms with Crippen LogP contribution in [0.15, 0.2) is 0 Å². The molecule has 8 N–H and O–H groups in total. The highest BCUT2D eigenvalue weighted by Crippen LogP contribution is 2.02. The number of carbonyl (C=O) groups excluding carboxylic acids is 4. The van der Waals surface area contributed by atoms with E-state index in [0.717, 1.165) is 12.8 Å². The molecule has 0 spiro atoms. The van der Waals surface area contributed by atoms with Crippen molar-refractivity contribution >= 4 is 30.0 Å². The summed E-state index contributed by atoms with van der Waals surface area (Å²) in [5.41, 5.74) is 11.5. The molecular formula is C19H35N5O6. The van der Waals surface area contributed by atoms with E-state index in [1.54, 1.807) is 0 Å². The van der Waals surface area contributed by atoms with Gasteiger partial charge in [0.05, 0.1) is 12.1 Å². The van der Waals surface area contributed by atoms with Gasteiger partial charge in [-0.3, -0.25) is 19.2 Å². The van der Waals surface area contributed by atoms with Gasteiger partial charge in [0.2, 0.25) is 18.2 Å². The van der Waals surface area contributed by atoms with Crippen LogP contribution in [0.25, 0.3) is 0 Å². The number of hydrogen-bond donors (Lipinski definition) is 6. The largest absolute Gasteiger partial charge is 0.480 e. The number of ketones is 1. The average Bonchev–Trinajstić information content (AvgIpc) is 2.69. The molecule has 11 nitrogen and oxygen atoms in total. The van der Waals surface area contributed by atoms with Gasteiger partial charge >= 0.3 is 5.97 Å². The van der Waals surface area contributed by atoms with Crippen LogP contribution in [-0.2, 0) is 24.0 Å². The summed E-state index contributed by atoms with van der Waals surface area (Å²) in [6.45, 7) is 2.32. The minimum atomic E-state index is -1.19. The zero-order valence-corrected chi connectivity index (χ0v) is 17.5. The van der Waals surface area contributed by atoms with Crippen LogP contribution in [0.1, 0.15) is 58.3 Å². The van der Waals surface area contributed by atoms with Crippen molar-refractivity contribution in [3.05, 3.63) is 0 Å². The predicted octanol–water partition coefficient (Wildman–Crippen LogP) is -1.22. The first-order valence-electron chi connectivity index (χ1n) is 10.2. The molecule has 0 saturated heterocycles. The molecule has 1 unspecified atom stereocenters. The Morgan fingerprint density at radius 2 is 1.47 bits per heavy atom. The maximum absolute atomic E-state index is 11.9. The van der Waals surface area contributed by atoms with E-state index in [1.807, 2.05) is 0 Å². The van der Waals surface area contributed by atoms with Gasteiger partial charge < -0.3 is 32.5 Å². The van der Waals surface area contributed by atoms with Crippen LogP contribution in [-0.4, -0.2) is 66.3 Å². The molecule has 172 valence electrons. The van der Waals surface area contributed by atoms with Gasteiger partial charge in [-0.15, -0.1) is 0 Å². The number of carbonyl (C=O) groups is 5. The van der Waals surface area contributed by atoms with Gasteiger partial charge in [0.15, 0.2) is 0 Å². The smallest absolute Gasteiger partial charge is 0.326 e. The second-order valence-corrected chi connectivity index (χ2v) is 7.17. The normalized spacial score (nSPS) is 13.6. The van der Waals surface area contributed by atoms with Crippen molar-refractivity contribution in [1.82, 2.24) is 16.0 Å². The number of carboxylic acids is 1. The summed E-state index contributed by atoms with van der Waals surface area (Å²) in [5, 5.41) is 16.4. The van der Waals surface area contributed by atoms with E-state index in [0.29, 0.717) is 45.2 Å². The number of amides is 3. The first-order chi connectivity index (χ1) is 14.2. The van der Waals surface area contributed by atoms with Gasteiger partial charge in [-0.2, -0.15) is 0 Å². The number of rotatable bonds is 18. The van der Waals surface area contributed by atoms with Crippen LogP contribution in [0, 0.1) is 0 Å². The van der Waals surface area contributed by atoms with E-state index in [1.165, 1.54) is 6.92 Å². The summed E-state index contributed by atoms with van der Waals surface area (Å²) in [6.07, 6.45) is 4.08. The Kier molecular flexibility index (Phi) is 14.9. The maximum Gasteiger partial charge on any atom is 0.326 e. The second kappa shape index (κ2) is 16.3. The first kappa shape index (κ1) is 27.5. The fourth-order valence-corrected chi connectivity index (χ4v) is 2.61. The van der Waals surface area contributed by atoms with E-state index < -0.39 is 24.1 Å². The predicted molar refractivity (Wildman–Crippen MR) is 110 cm³/mol. The van der Waals surface area contributed by atoms with Gasteiger partial charge in [0.1, 0.15) is 11.8 Å². The third-order valence-corrected chi connectivity index (χ3v) is 4.59. The van der Waals surface area contributed by atoms with E-state index in [-0.39, 0.29) is 30.4 Å². The van der Waals surface area contributed by atoms with Gasteiger partial charge in [-0.25, -0.2) is 4.79 Å². The first-order valence-corrected chi connectivity index (χ1v) is 10.2. The molecule has 0 bridgehead atoms. The Labute approximate surface area is 176 Å². The van der Waals surface area contributed by atoms with Crippen molar-refractivity contribution in [1.29, 1.82) is 0 Å². The second-order valence-electron chi connectivity index (χ2n) is 7.17. The van der Waals surface area contributed by atoms with Crippen molar-refractivity contribution in [3.8, 4) is 0 Å². The fourth-order valence-electron chi connectivity index (χ4n) is 2.61. The van der Waals surface area contributed by atoms with Crippen molar-refractivity contribution in [2.75, 3.05) is 13.1 Å². The quantitative estimate of drug-likeness (QED) is 0.115. The summed E-state index contributed by atoms with van der Waals surface area (Å²) < 4.78 is 0. The number of nitrogens with two attached hydrogens (primary N) is 2. The molecule has 0 aliphatic heterocycles. The Balaban J connectivity index is 3.78. The van der Waals surface area contributed by atoms with Crippen molar-refractivity contribution in [2.45, 2.75) is 76.4 Å². The number of carboxylic acid groups (broad SMARTS) is 1. The Morgan fingerprint density at radius 1 is 0.900 bits per heavy atom. The number of nitrogens with one attached hydrogen (secondary N) is 3. The monoisotopic (exact) mass is 429 g/mol. The molecule has 0 radical (unpaired) electrons. The standard InChI is InChI=1S/C19H35N5O6/c1-13(26)14(20)6-2-5-11-23-18(28)15(21)7-3-4-10-22-17(27)9-8-16(19(29)30)24-12-25/h12,14-16H,2-11,20-21H2,1H3,(H,22,27)(H,23,28)(H,24,25)(H,29,30)/t14-,15?,16-/m0/s1. The molecule has 0 aromatic heterocycles. The van der Waals surface area contributed by atoms with Crippen molar-refractivity contribution < 1.29 is 29.1 Å². The Bertz CT molecular complexity index is 572. The lowest BCUT2D eigenvalue weighted by Gasteiger charge is -2.13. The van der Waals surface area contributed by atoms with Crippen LogP contribution in [0.2, 0.25) is 0 Å². The molecule has 0 aromatic rings. The molecule has 0 heterocycles. The summed E-state index contributed by atoms with van der Waals surface area (Å²) in [7, 11) is 0. The van der Waals surface area contributed by atoms with Gasteiger partial charge in [0.25, 0.3) is 0 Å². The molecule has 0 aromatic carbocycles. The van der Waals surface area contributed by atoms with Crippen LogP contribution >= 0.6 is 0 Å². The molecule has 3 atom stereocenters. The molecular weight excluding hydrogens is 394 g/mol. The van der Waals surface area contributed by atoms with E-state index in [9.17, 15) is 24.0 Å². The molecule has 0 aliphatic carbocycles. The van der Waals surface area contributed by atoms with Crippen LogP contribution in [0.5, 0.6) is 0 Å². The molecule has 11 heteroatoms. The number of hydrogen-bond acceptors (Lipinski definition) is 7. The number of Topliss-reactive ketones (excluding diaryl/α,β-unsaturated/α-hetero) is 1. The van der Waals surface area contributed by atoms with Crippen molar-refractivity contribution in [2.24, 2.45) is 11.5 Å². The van der Waals surface area contributed by atoms with E-state index in [2.05, 4.69) is 16.0 Å². The number of aliphatic carboxylic acids is 1. The molecule has 0 saturated carbocycles. The summed E-state index contributed by atoms with van der Waals surface area (Å²) in [5.74, 6) is -1.78. The van der Waals surface area contributed by atoms with E-state index in [4.69, 9.17) is 16.6 Å². The van der Waals surface area contributed by atoms with Gasteiger partial charge in [-0.1, -0.05) is 0 Å². The highest BCUT2D eigenvalue weighted by molar-refractivity contribution is 5.81. The highest BCUT2D eigenvalue weighted by atomic mass is 16.4. The summed E-state index contributed by atoms with van der Waals surface area (Å²) >= 11 is 0. The number of unbranched alkanes of at least 4 members (excludes halogenated alkanes) is 2. The zero-order valence-electron chi connectivity index (χ0n) is 17.5. The minimum absolute atomic E-state index is 0.00560. The highest BCUT2D eigenvalue weighted by Gasteiger charge is 2.17. The van der Waals surface area contributed by atoms with Crippen LogP contribution in [0.3, 0.4) is 0 Å². The van der Waals surface area contributed by atoms with Crippen LogP contribution < -0.4 is 27.4 Å². The van der Waals surface area contributed by atoms with Crippen molar-refractivity contribution in [3.63, 3.8) is 0 Å². The molecule has 0 rings (SSSR count). The molecule has 3 amide bonds. The fraction of sp³-hybridized carbons (Fsp3) is 0.737. The molecule has 0 fully saturated rings. The summed E-state index contributed by atoms with van der Waals surface area (Å²) in [6, 6.07) is -2.17. The molecule has 30 heavy (non-hydrogen) atoms. The lowest BCUT2D eigenvalue weighted by molar-refractivity contribution is -0.140. The SMILES string of the molecule is CC(=O)[C@@H](N)CCCCNC(=O)C(N)CCCCNC(=O)CC[C@H](NC=O)C(=O)O. The Morgan fingerprint density at radius 3 is 2.00 bits per heavy atom. The topological polar surface area (TPSA) is 194 Å². The van der Waals surface area contributed by atoms with E-state index >= 15 is 0 Å². The van der Waals surface area contributed by atoms with Crippen LogP contribution in [0.4, 0.5) is 0 Å². The third kappa shape index (κ3) is 13.6. The third-order valence-electron chi connectivity index (χ3n) is 4.59. The lowest BCUT2D eigenvalue weighted by Crippen LogP contribution is -2.41. The summed E-state index contributed by atoms with van der Waals surface area (Å²) in [4.78, 5) is 55.8. The molecule has 0 aliphatic rings. The van der Waals surface area contributed by atoms with Gasteiger partial charge in [0, 0.05) is 19.5 Å². The van der Waals surface area contributed by atoms with Gasteiger partial charge in [-0.05, 0) is 51.9 Å². The minimum Gasteiger partial charge on any atom is -0.480 e. The Hall–Kier alpha value is -2.53. The zero-order chi connectivity index (χ0) is 22.9.